The van der Waals surface area contributed by atoms with Gasteiger partial charge in [0.15, 0.2) is 12.3 Å². The quantitative estimate of drug-likeness (QED) is 0.261. The summed E-state index contributed by atoms with van der Waals surface area (Å²) in [6.45, 7) is 0.200. The summed E-state index contributed by atoms with van der Waals surface area (Å²) in [5.74, 6) is -3.35. The molecule has 0 radical (unpaired) electrons. The standard InChI is InChI=1S/C29H35N7O9/c37-23(35-10-4-7-22(35)27(41)30-18-8-9-18)17-45-24-15-20(32-36(24)19-5-2-1-3-6-19)26(40)31-21(16-25(38)39)28(42)33-11-13-34(14-12-33)29(43)44/h1-3,5-6,15,18,21-22H,4,7-14,16-17H2,(H,30,41)(H,31,40)(H,38,39)(H,43,44). The Morgan fingerprint density at radius 2 is 1.62 bits per heavy atom. The van der Waals surface area contributed by atoms with Gasteiger partial charge in [-0.3, -0.25) is 24.0 Å². The van der Waals surface area contributed by atoms with Crippen LogP contribution in [0.1, 0.15) is 42.6 Å². The van der Waals surface area contributed by atoms with E-state index in [9.17, 15) is 33.9 Å². The van der Waals surface area contributed by atoms with Crippen molar-refractivity contribution in [2.24, 2.45) is 0 Å². The first-order valence-corrected chi connectivity index (χ1v) is 14.8. The Kier molecular flexibility index (Phi) is 9.49. The van der Waals surface area contributed by atoms with E-state index in [4.69, 9.17) is 9.84 Å². The van der Waals surface area contributed by atoms with E-state index in [1.165, 1.54) is 20.5 Å². The fraction of sp³-hybridized carbons (Fsp3) is 0.483. The van der Waals surface area contributed by atoms with E-state index in [1.54, 1.807) is 30.3 Å². The number of rotatable bonds is 11. The molecule has 5 rings (SSSR count). The van der Waals surface area contributed by atoms with Crippen molar-refractivity contribution >= 4 is 35.7 Å². The van der Waals surface area contributed by atoms with E-state index in [0.29, 0.717) is 25.1 Å². The van der Waals surface area contributed by atoms with Gasteiger partial charge in [-0.25, -0.2) is 9.48 Å². The van der Waals surface area contributed by atoms with Gasteiger partial charge in [0, 0.05) is 44.8 Å². The Labute approximate surface area is 257 Å². The van der Waals surface area contributed by atoms with Crippen molar-refractivity contribution in [1.82, 2.24) is 35.1 Å². The zero-order valence-electron chi connectivity index (χ0n) is 24.5. The second-order valence-electron chi connectivity index (χ2n) is 11.2. The average Bonchev–Trinajstić information content (AvgIpc) is 3.52. The van der Waals surface area contributed by atoms with Gasteiger partial charge in [-0.1, -0.05) is 18.2 Å². The summed E-state index contributed by atoms with van der Waals surface area (Å²) in [6.07, 6.45) is 1.29. The molecule has 16 nitrogen and oxygen atoms in total. The van der Waals surface area contributed by atoms with Gasteiger partial charge in [0.2, 0.25) is 17.7 Å². The fourth-order valence-electron chi connectivity index (χ4n) is 5.36. The Morgan fingerprint density at radius 1 is 0.933 bits per heavy atom. The van der Waals surface area contributed by atoms with Gasteiger partial charge in [0.05, 0.1) is 12.1 Å². The van der Waals surface area contributed by atoms with Crippen LogP contribution in [0, 0.1) is 0 Å². The lowest BCUT2D eigenvalue weighted by molar-refractivity contribution is -0.143. The molecule has 2 aliphatic heterocycles. The first-order valence-electron chi connectivity index (χ1n) is 14.8. The van der Waals surface area contributed by atoms with Crippen molar-refractivity contribution in [2.75, 3.05) is 39.3 Å². The number of nitrogens with zero attached hydrogens (tertiary/aromatic N) is 5. The number of carboxylic acids is 1. The first kappa shape index (κ1) is 31.3. The zero-order valence-corrected chi connectivity index (χ0v) is 24.5. The van der Waals surface area contributed by atoms with Crippen LogP contribution in [0.15, 0.2) is 36.4 Å². The van der Waals surface area contributed by atoms with Crippen LogP contribution in [0.4, 0.5) is 4.79 Å². The number of benzene rings is 1. The van der Waals surface area contributed by atoms with Gasteiger partial charge in [-0.2, -0.15) is 5.10 Å². The van der Waals surface area contributed by atoms with Crippen molar-refractivity contribution in [3.63, 3.8) is 0 Å². The molecule has 3 heterocycles. The van der Waals surface area contributed by atoms with Gasteiger partial charge in [-0.05, 0) is 37.8 Å². The topological polar surface area (TPSA) is 204 Å². The molecule has 5 amide bonds. The molecule has 16 heteroatoms. The van der Waals surface area contributed by atoms with Crippen LogP contribution in [0.5, 0.6) is 5.88 Å². The lowest BCUT2D eigenvalue weighted by Crippen LogP contribution is -2.56. The van der Waals surface area contributed by atoms with Gasteiger partial charge in [-0.15, -0.1) is 0 Å². The lowest BCUT2D eigenvalue weighted by atomic mass is 10.1. The van der Waals surface area contributed by atoms with E-state index in [0.717, 1.165) is 17.7 Å². The predicted octanol–water partition coefficient (Wildman–Crippen LogP) is -0.0840. The second-order valence-corrected chi connectivity index (χ2v) is 11.2. The largest absolute Gasteiger partial charge is 0.481 e. The van der Waals surface area contributed by atoms with Crippen molar-refractivity contribution in [3.8, 4) is 11.6 Å². The van der Waals surface area contributed by atoms with Crippen LogP contribution < -0.4 is 15.4 Å². The predicted molar refractivity (Wildman–Crippen MR) is 155 cm³/mol. The minimum absolute atomic E-state index is 0.0452. The summed E-state index contributed by atoms with van der Waals surface area (Å²) >= 11 is 0. The first-order chi connectivity index (χ1) is 21.6. The Balaban J connectivity index is 1.29. The molecular formula is C29H35N7O9. The Morgan fingerprint density at radius 3 is 2.27 bits per heavy atom. The summed E-state index contributed by atoms with van der Waals surface area (Å²) in [5.41, 5.74) is 0.319. The molecule has 2 unspecified atom stereocenters. The molecule has 1 aliphatic carbocycles. The van der Waals surface area contributed by atoms with E-state index in [-0.39, 0.29) is 49.7 Å². The minimum Gasteiger partial charge on any atom is -0.481 e. The molecule has 1 aromatic heterocycles. The summed E-state index contributed by atoms with van der Waals surface area (Å²) in [4.78, 5) is 79.0. The molecule has 2 atom stereocenters. The SMILES string of the molecule is O=C(O)CC(NC(=O)c1cc(OCC(=O)N2CCCC2C(=O)NC2CC2)n(-c2ccccc2)n1)C(=O)N1CCN(C(=O)O)CC1. The average molecular weight is 626 g/mol. The third-order valence-corrected chi connectivity index (χ3v) is 7.90. The number of carboxylic acid groups (broad SMARTS) is 2. The molecule has 1 saturated carbocycles. The third kappa shape index (κ3) is 7.69. The van der Waals surface area contributed by atoms with E-state index in [1.807, 2.05) is 0 Å². The van der Waals surface area contributed by atoms with Crippen molar-refractivity contribution in [1.29, 1.82) is 0 Å². The molecular weight excluding hydrogens is 590 g/mol. The normalized spacial score (nSPS) is 18.7. The summed E-state index contributed by atoms with van der Waals surface area (Å²) < 4.78 is 7.14. The summed E-state index contributed by atoms with van der Waals surface area (Å²) in [6, 6.07) is 8.11. The minimum atomic E-state index is -1.44. The van der Waals surface area contributed by atoms with Gasteiger partial charge in [0.1, 0.15) is 12.1 Å². The van der Waals surface area contributed by atoms with Gasteiger partial charge in [0.25, 0.3) is 11.8 Å². The van der Waals surface area contributed by atoms with Crippen molar-refractivity contribution in [2.45, 2.75) is 50.2 Å². The molecule has 3 aliphatic rings. The monoisotopic (exact) mass is 625 g/mol. The highest BCUT2D eigenvalue weighted by molar-refractivity contribution is 5.97. The molecule has 0 spiro atoms. The van der Waals surface area contributed by atoms with Crippen LogP contribution in [0.25, 0.3) is 5.69 Å². The summed E-state index contributed by atoms with van der Waals surface area (Å²) in [7, 11) is 0. The number of amides is 5. The van der Waals surface area contributed by atoms with Crippen LogP contribution >= 0.6 is 0 Å². The highest BCUT2D eigenvalue weighted by Crippen LogP contribution is 2.24. The lowest BCUT2D eigenvalue weighted by Gasteiger charge is -2.35. The zero-order chi connectivity index (χ0) is 32.1. The number of carbonyl (C=O) groups is 6. The number of hydrogen-bond donors (Lipinski definition) is 4. The maximum atomic E-state index is 13.3. The number of ether oxygens (including phenoxy) is 1. The number of nitrogens with one attached hydrogen (secondary N) is 2. The van der Waals surface area contributed by atoms with Crippen LogP contribution in [-0.2, 0) is 19.2 Å². The summed E-state index contributed by atoms with van der Waals surface area (Å²) in [5, 5.41) is 28.3. The van der Waals surface area contributed by atoms with Crippen LogP contribution in [0.2, 0.25) is 0 Å². The van der Waals surface area contributed by atoms with Gasteiger partial charge < -0.3 is 40.3 Å². The van der Waals surface area contributed by atoms with Crippen LogP contribution in [0.3, 0.4) is 0 Å². The number of likely N-dealkylation sites (tertiary alicyclic amines) is 1. The van der Waals surface area contributed by atoms with Crippen molar-refractivity contribution < 1.29 is 43.7 Å². The molecule has 4 N–H and O–H groups in total. The number of aromatic nitrogens is 2. The maximum absolute atomic E-state index is 13.3. The van der Waals surface area contributed by atoms with Crippen LogP contribution in [-0.4, -0.2) is 128 Å². The number of carbonyl (C=O) groups excluding carboxylic acids is 4. The van der Waals surface area contributed by atoms with Crippen molar-refractivity contribution in [3.05, 3.63) is 42.1 Å². The Hall–Kier alpha value is -5.15. The highest BCUT2D eigenvalue weighted by atomic mass is 16.5. The third-order valence-electron chi connectivity index (χ3n) is 7.90. The maximum Gasteiger partial charge on any atom is 0.407 e. The molecule has 0 bridgehead atoms. The number of aliphatic carboxylic acids is 1. The fourth-order valence-corrected chi connectivity index (χ4v) is 5.36. The number of piperazine rings is 1. The van der Waals surface area contributed by atoms with E-state index in [2.05, 4.69) is 15.7 Å². The smallest absolute Gasteiger partial charge is 0.407 e. The van der Waals surface area contributed by atoms with E-state index >= 15 is 0 Å². The second kappa shape index (κ2) is 13.7. The molecule has 2 saturated heterocycles. The molecule has 240 valence electrons. The Bertz CT molecular complexity index is 1450. The molecule has 3 fully saturated rings. The molecule has 45 heavy (non-hydrogen) atoms. The molecule has 1 aromatic carbocycles. The number of para-hydroxylation sites is 1. The molecule has 2 aromatic rings. The van der Waals surface area contributed by atoms with Gasteiger partial charge >= 0.3 is 12.1 Å². The number of hydrogen-bond acceptors (Lipinski definition) is 8. The highest BCUT2D eigenvalue weighted by Gasteiger charge is 2.37. The van der Waals surface area contributed by atoms with E-state index < -0.39 is 54.9 Å².